The fraction of sp³-hybridized carbons (Fsp3) is 0.294. The minimum atomic E-state index is -0.354. The van der Waals surface area contributed by atoms with Crippen LogP contribution in [0, 0.1) is 19.7 Å². The highest BCUT2D eigenvalue weighted by Crippen LogP contribution is 2.34. The molecule has 114 valence electrons. The molecule has 1 aliphatic heterocycles. The number of amides is 1. The molecule has 0 radical (unpaired) electrons. The third-order valence-corrected chi connectivity index (χ3v) is 4.11. The van der Waals surface area contributed by atoms with Crippen LogP contribution in [0.3, 0.4) is 0 Å². The number of halogens is 1. The van der Waals surface area contributed by atoms with Crippen molar-refractivity contribution in [1.29, 1.82) is 0 Å². The molecule has 0 unspecified atom stereocenters. The van der Waals surface area contributed by atoms with Crippen molar-refractivity contribution in [2.45, 2.75) is 26.3 Å². The monoisotopic (exact) mass is 300 g/mol. The van der Waals surface area contributed by atoms with E-state index in [1.54, 1.807) is 36.9 Å². The van der Waals surface area contributed by atoms with Crippen LogP contribution in [0.5, 0.6) is 0 Å². The number of carbonyl (C=O) groups excluding carboxylic acids is 1. The molecule has 1 aliphatic rings. The number of nitrogens with zero attached hydrogens (tertiary/aromatic N) is 1. The van der Waals surface area contributed by atoms with Crippen LogP contribution in [0.4, 0.5) is 4.39 Å². The van der Waals surface area contributed by atoms with Crippen molar-refractivity contribution in [1.82, 2.24) is 9.88 Å². The first-order valence-corrected chi connectivity index (χ1v) is 7.24. The van der Waals surface area contributed by atoms with Gasteiger partial charge in [-0.2, -0.15) is 0 Å². The zero-order chi connectivity index (χ0) is 15.9. The molecule has 1 saturated heterocycles. The third kappa shape index (κ3) is 2.43. The van der Waals surface area contributed by atoms with Crippen molar-refractivity contribution in [3.8, 4) is 0 Å². The van der Waals surface area contributed by atoms with Crippen LogP contribution in [-0.4, -0.2) is 22.3 Å². The average molecular weight is 300 g/mol. The molecule has 1 aromatic carbocycles. The van der Waals surface area contributed by atoms with Crippen molar-refractivity contribution < 1.29 is 9.18 Å². The van der Waals surface area contributed by atoms with Crippen LogP contribution in [0.25, 0.3) is 0 Å². The van der Waals surface area contributed by atoms with E-state index >= 15 is 0 Å². The maximum atomic E-state index is 13.0. The van der Waals surface area contributed by atoms with Gasteiger partial charge in [0.05, 0.1) is 6.04 Å². The summed E-state index contributed by atoms with van der Waals surface area (Å²) < 4.78 is 13.0. The molecule has 0 saturated carbocycles. The molecule has 3 rings (SSSR count). The normalized spacial score (nSPS) is 17.2. The molecule has 1 fully saturated rings. The minimum Gasteiger partial charge on any atom is -0.331 e. The highest BCUT2D eigenvalue weighted by atomic mass is 19.1. The summed E-state index contributed by atoms with van der Waals surface area (Å²) in [6, 6.07) is 7.85. The Bertz CT molecular complexity index is 780. The molecule has 1 amide bonds. The Labute approximate surface area is 127 Å². The van der Waals surface area contributed by atoms with Gasteiger partial charge in [-0.25, -0.2) is 4.39 Å². The fourth-order valence-corrected chi connectivity index (χ4v) is 2.92. The molecule has 1 N–H and O–H groups in total. The Balaban J connectivity index is 1.90. The zero-order valence-corrected chi connectivity index (χ0v) is 12.5. The van der Waals surface area contributed by atoms with Crippen molar-refractivity contribution in [3.05, 3.63) is 68.9 Å². The van der Waals surface area contributed by atoms with E-state index in [1.807, 2.05) is 0 Å². The number of aromatic amines is 1. The lowest BCUT2D eigenvalue weighted by molar-refractivity contribution is 0.0457. The van der Waals surface area contributed by atoms with Gasteiger partial charge in [-0.3, -0.25) is 9.59 Å². The molecule has 0 bridgehead atoms. The van der Waals surface area contributed by atoms with E-state index in [-0.39, 0.29) is 28.9 Å². The number of rotatable bonds is 2. The molecule has 4 nitrogen and oxygen atoms in total. The van der Waals surface area contributed by atoms with E-state index in [2.05, 4.69) is 4.98 Å². The number of carbonyl (C=O) groups is 1. The van der Waals surface area contributed by atoms with Crippen LogP contribution in [0.1, 0.15) is 39.6 Å². The molecular weight excluding hydrogens is 283 g/mol. The number of likely N-dealkylation sites (tertiary alicyclic amines) is 1. The summed E-state index contributed by atoms with van der Waals surface area (Å²) in [6.07, 6.45) is 0.820. The van der Waals surface area contributed by atoms with Gasteiger partial charge >= 0.3 is 0 Å². The average Bonchev–Trinajstić information content (AvgIpc) is 2.38. The summed E-state index contributed by atoms with van der Waals surface area (Å²) in [4.78, 5) is 29.1. The Morgan fingerprint density at radius 2 is 1.95 bits per heavy atom. The van der Waals surface area contributed by atoms with Crippen molar-refractivity contribution in [3.63, 3.8) is 0 Å². The predicted octanol–water partition coefficient (Wildman–Crippen LogP) is 2.72. The number of hydrogen-bond donors (Lipinski definition) is 1. The second-order valence-corrected chi connectivity index (χ2v) is 5.69. The standard InChI is InChI=1S/C17H17FN2O2/c1-10-9-11(2)19-16(21)15(10)17(22)20-8-7-14(20)12-3-5-13(18)6-4-12/h3-6,9,14H,7-8H2,1-2H3,(H,19,21)/t14-/m0/s1. The van der Waals surface area contributed by atoms with Crippen LogP contribution in [0.15, 0.2) is 35.1 Å². The van der Waals surface area contributed by atoms with Gasteiger partial charge in [-0.1, -0.05) is 12.1 Å². The summed E-state index contributed by atoms with van der Waals surface area (Å²) in [5.41, 5.74) is 2.14. The van der Waals surface area contributed by atoms with Gasteiger partial charge in [0.15, 0.2) is 0 Å². The highest BCUT2D eigenvalue weighted by Gasteiger charge is 2.35. The molecule has 2 aromatic rings. The minimum absolute atomic E-state index is 0.0896. The Kier molecular flexibility index (Phi) is 3.56. The summed E-state index contributed by atoms with van der Waals surface area (Å²) in [6.45, 7) is 4.16. The number of aryl methyl sites for hydroxylation is 2. The third-order valence-electron chi connectivity index (χ3n) is 4.11. The van der Waals surface area contributed by atoms with E-state index in [4.69, 9.17) is 0 Å². The van der Waals surface area contributed by atoms with Crippen molar-refractivity contribution in [2.24, 2.45) is 0 Å². The number of aromatic nitrogens is 1. The lowest BCUT2D eigenvalue weighted by Crippen LogP contribution is -2.47. The van der Waals surface area contributed by atoms with Crippen LogP contribution < -0.4 is 5.56 Å². The fourth-order valence-electron chi connectivity index (χ4n) is 2.92. The van der Waals surface area contributed by atoms with Gasteiger partial charge in [0.25, 0.3) is 11.5 Å². The van der Waals surface area contributed by atoms with Crippen LogP contribution >= 0.6 is 0 Å². The topological polar surface area (TPSA) is 53.2 Å². The number of nitrogens with one attached hydrogen (secondary N) is 1. The molecule has 0 spiro atoms. The van der Waals surface area contributed by atoms with E-state index in [0.29, 0.717) is 12.1 Å². The SMILES string of the molecule is Cc1cc(C)c(C(=O)N2CC[C@H]2c2ccc(F)cc2)c(=O)[nH]1. The summed E-state index contributed by atoms with van der Waals surface area (Å²) >= 11 is 0. The molecule has 1 aromatic heterocycles. The maximum absolute atomic E-state index is 13.0. The Hall–Kier alpha value is -2.43. The number of hydrogen-bond acceptors (Lipinski definition) is 2. The van der Waals surface area contributed by atoms with Crippen LogP contribution in [-0.2, 0) is 0 Å². The molecule has 2 heterocycles. The van der Waals surface area contributed by atoms with Gasteiger partial charge in [0.2, 0.25) is 0 Å². The maximum Gasteiger partial charge on any atom is 0.261 e. The summed E-state index contributed by atoms with van der Waals surface area (Å²) in [5.74, 6) is -0.564. The molecule has 0 aliphatic carbocycles. The van der Waals surface area contributed by atoms with Crippen molar-refractivity contribution in [2.75, 3.05) is 6.54 Å². The van der Waals surface area contributed by atoms with Gasteiger partial charge < -0.3 is 9.88 Å². The lowest BCUT2D eigenvalue weighted by atomic mass is 9.93. The second-order valence-electron chi connectivity index (χ2n) is 5.69. The first-order valence-electron chi connectivity index (χ1n) is 7.24. The first-order chi connectivity index (χ1) is 10.5. The van der Waals surface area contributed by atoms with Gasteiger partial charge in [0.1, 0.15) is 11.4 Å². The largest absolute Gasteiger partial charge is 0.331 e. The smallest absolute Gasteiger partial charge is 0.261 e. The molecule has 5 heteroatoms. The van der Waals surface area contributed by atoms with Crippen molar-refractivity contribution >= 4 is 5.91 Å². The zero-order valence-electron chi connectivity index (χ0n) is 12.5. The van der Waals surface area contributed by atoms with Gasteiger partial charge in [-0.15, -0.1) is 0 Å². The molecule has 22 heavy (non-hydrogen) atoms. The van der Waals surface area contributed by atoms with Gasteiger partial charge in [-0.05, 0) is 49.6 Å². The second kappa shape index (κ2) is 5.40. The van der Waals surface area contributed by atoms with E-state index < -0.39 is 0 Å². The van der Waals surface area contributed by atoms with Crippen LogP contribution in [0.2, 0.25) is 0 Å². The highest BCUT2D eigenvalue weighted by molar-refractivity contribution is 5.96. The molecule has 1 atom stereocenters. The van der Waals surface area contributed by atoms with E-state index in [0.717, 1.165) is 17.7 Å². The Morgan fingerprint density at radius 3 is 2.50 bits per heavy atom. The van der Waals surface area contributed by atoms with Gasteiger partial charge in [0, 0.05) is 12.2 Å². The number of H-pyrrole nitrogens is 1. The first kappa shape index (κ1) is 14.5. The summed E-state index contributed by atoms with van der Waals surface area (Å²) in [5, 5.41) is 0. The quantitative estimate of drug-likeness (QED) is 0.927. The van der Waals surface area contributed by atoms with E-state index in [9.17, 15) is 14.0 Å². The predicted molar refractivity (Wildman–Crippen MR) is 81.3 cm³/mol. The number of benzene rings is 1. The number of pyridine rings is 1. The molecular formula is C17H17FN2O2. The lowest BCUT2D eigenvalue weighted by Gasteiger charge is -2.41. The summed E-state index contributed by atoms with van der Waals surface area (Å²) in [7, 11) is 0. The van der Waals surface area contributed by atoms with E-state index in [1.165, 1.54) is 12.1 Å². The Morgan fingerprint density at radius 1 is 1.27 bits per heavy atom.